The Labute approximate surface area is 188 Å². The number of carboxylic acid groups (broad SMARTS) is 1. The Balaban J connectivity index is 0.000000913. The maximum absolute atomic E-state index is 8.36. The van der Waals surface area contributed by atoms with Crippen LogP contribution >= 0.6 is 0 Å². The van der Waals surface area contributed by atoms with Crippen molar-refractivity contribution >= 4 is 6.47 Å². The van der Waals surface area contributed by atoms with Crippen LogP contribution in [0.2, 0.25) is 0 Å². The highest BCUT2D eigenvalue weighted by Gasteiger charge is 2.15. The lowest BCUT2D eigenvalue weighted by Crippen LogP contribution is -2.25. The minimum absolute atomic E-state index is 0.250. The first-order chi connectivity index (χ1) is 15.6. The molecular weight excluding hydrogens is 410 g/mol. The van der Waals surface area contributed by atoms with Crippen LogP contribution in [0.25, 0.3) is 17.1 Å². The van der Waals surface area contributed by atoms with Gasteiger partial charge in [0.15, 0.2) is 11.5 Å². The lowest BCUT2D eigenvalue weighted by atomic mass is 10.2. The molecule has 0 aliphatic carbocycles. The van der Waals surface area contributed by atoms with Crippen LogP contribution in [0.1, 0.15) is 32.7 Å². The van der Waals surface area contributed by atoms with Crippen molar-refractivity contribution in [3.05, 3.63) is 43.0 Å². The fourth-order valence-electron chi connectivity index (χ4n) is 3.68. The molecule has 0 saturated carbocycles. The Morgan fingerprint density at radius 3 is 2.62 bits per heavy atom. The minimum Gasteiger partial charge on any atom is -0.493 e. The van der Waals surface area contributed by atoms with Crippen LogP contribution in [0, 0.1) is 0 Å². The molecule has 0 atom stereocenters. The van der Waals surface area contributed by atoms with E-state index in [-0.39, 0.29) is 6.47 Å². The van der Waals surface area contributed by atoms with E-state index in [1.165, 1.54) is 25.9 Å². The molecule has 1 aromatic carbocycles. The molecule has 0 bridgehead atoms. The van der Waals surface area contributed by atoms with E-state index in [1.807, 2.05) is 46.0 Å². The Hall–Kier alpha value is -3.33. The molecule has 1 fully saturated rings. The first-order valence-corrected chi connectivity index (χ1v) is 10.8. The molecule has 0 radical (unpaired) electrons. The molecule has 3 aromatic rings. The Morgan fingerprint density at radius 2 is 1.97 bits per heavy atom. The molecule has 1 aliphatic rings. The van der Waals surface area contributed by atoms with Crippen molar-refractivity contribution in [1.82, 2.24) is 24.2 Å². The average Bonchev–Trinajstić information content (AvgIpc) is 3.55. The maximum Gasteiger partial charge on any atom is 0.290 e. The molecule has 0 unspecified atom stereocenters. The van der Waals surface area contributed by atoms with Crippen molar-refractivity contribution in [1.29, 1.82) is 0 Å². The number of hydrogen-bond acceptors (Lipinski definition) is 6. The van der Waals surface area contributed by atoms with Gasteiger partial charge in [0.25, 0.3) is 6.47 Å². The van der Waals surface area contributed by atoms with Gasteiger partial charge in [-0.25, -0.2) is 4.98 Å². The number of methoxy groups -OCH3 is 1. The van der Waals surface area contributed by atoms with Gasteiger partial charge in [0, 0.05) is 36.7 Å². The van der Waals surface area contributed by atoms with Gasteiger partial charge in [-0.15, -0.1) is 0 Å². The van der Waals surface area contributed by atoms with Crippen LogP contribution in [0.15, 0.2) is 43.0 Å². The van der Waals surface area contributed by atoms with Gasteiger partial charge in [-0.3, -0.25) is 18.9 Å². The molecule has 1 N–H and O–H groups in total. The molecule has 1 aliphatic heterocycles. The van der Waals surface area contributed by atoms with E-state index >= 15 is 0 Å². The Kier molecular flexibility index (Phi) is 8.27. The molecular formula is C23H31N5O4. The molecule has 172 valence electrons. The zero-order chi connectivity index (χ0) is 22.9. The summed E-state index contributed by atoms with van der Waals surface area (Å²) in [5, 5.41) is 11.3. The largest absolute Gasteiger partial charge is 0.493 e. The van der Waals surface area contributed by atoms with Gasteiger partial charge in [-0.2, -0.15) is 5.10 Å². The van der Waals surface area contributed by atoms with Crippen molar-refractivity contribution < 1.29 is 19.4 Å². The van der Waals surface area contributed by atoms with Crippen molar-refractivity contribution in [3.8, 4) is 28.6 Å². The third-order valence-corrected chi connectivity index (χ3v) is 5.32. The van der Waals surface area contributed by atoms with E-state index < -0.39 is 0 Å². The van der Waals surface area contributed by atoms with Gasteiger partial charge in [0.05, 0.1) is 19.0 Å². The maximum atomic E-state index is 8.36. The number of hydrogen-bond donors (Lipinski definition) is 1. The highest BCUT2D eigenvalue weighted by Crippen LogP contribution is 2.33. The number of rotatable bonds is 8. The summed E-state index contributed by atoms with van der Waals surface area (Å²) in [6, 6.07) is 6.29. The van der Waals surface area contributed by atoms with E-state index in [1.54, 1.807) is 13.3 Å². The summed E-state index contributed by atoms with van der Waals surface area (Å²) in [5.41, 5.74) is 1.95. The van der Waals surface area contributed by atoms with Gasteiger partial charge in [-0.1, -0.05) is 0 Å². The monoisotopic (exact) mass is 441 g/mol. The normalized spacial score (nSPS) is 13.6. The van der Waals surface area contributed by atoms with Crippen LogP contribution in [0.4, 0.5) is 0 Å². The third kappa shape index (κ3) is 5.67. The number of aromatic nitrogens is 4. The number of ether oxygens (including phenoxy) is 2. The molecule has 1 saturated heterocycles. The van der Waals surface area contributed by atoms with Gasteiger partial charge >= 0.3 is 0 Å². The van der Waals surface area contributed by atoms with E-state index in [0.717, 1.165) is 35.1 Å². The van der Waals surface area contributed by atoms with Crippen LogP contribution < -0.4 is 9.47 Å². The highest BCUT2D eigenvalue weighted by molar-refractivity contribution is 5.63. The van der Waals surface area contributed by atoms with Crippen molar-refractivity contribution in [2.75, 3.05) is 33.4 Å². The summed E-state index contributed by atoms with van der Waals surface area (Å²) in [4.78, 5) is 15.4. The second-order valence-corrected chi connectivity index (χ2v) is 7.76. The molecule has 4 rings (SSSR count). The zero-order valence-electron chi connectivity index (χ0n) is 18.8. The van der Waals surface area contributed by atoms with Crippen molar-refractivity contribution in [2.45, 2.75) is 32.7 Å². The van der Waals surface area contributed by atoms with Gasteiger partial charge in [0.2, 0.25) is 0 Å². The molecule has 32 heavy (non-hydrogen) atoms. The van der Waals surface area contributed by atoms with Crippen LogP contribution in [0.3, 0.4) is 0 Å². The Morgan fingerprint density at radius 1 is 1.22 bits per heavy atom. The summed E-state index contributed by atoms with van der Waals surface area (Å²) in [5.74, 6) is 2.33. The second-order valence-electron chi connectivity index (χ2n) is 7.76. The first kappa shape index (κ1) is 23.3. The second kappa shape index (κ2) is 11.3. The topological polar surface area (TPSA) is 94.6 Å². The minimum atomic E-state index is -0.250. The predicted octanol–water partition coefficient (Wildman–Crippen LogP) is 3.50. The predicted molar refractivity (Wildman–Crippen MR) is 122 cm³/mol. The summed E-state index contributed by atoms with van der Waals surface area (Å²) >= 11 is 0. The summed E-state index contributed by atoms with van der Waals surface area (Å²) < 4.78 is 15.6. The van der Waals surface area contributed by atoms with Crippen molar-refractivity contribution in [2.24, 2.45) is 0 Å². The molecule has 9 heteroatoms. The summed E-state index contributed by atoms with van der Waals surface area (Å²) in [6.45, 7) is 7.94. The summed E-state index contributed by atoms with van der Waals surface area (Å²) in [7, 11) is 1.67. The third-order valence-electron chi connectivity index (χ3n) is 5.32. The number of imidazole rings is 1. The van der Waals surface area contributed by atoms with Crippen LogP contribution in [-0.2, 0) is 4.79 Å². The first-order valence-electron chi connectivity index (χ1n) is 10.8. The molecule has 9 nitrogen and oxygen atoms in total. The molecule has 3 heterocycles. The quantitative estimate of drug-likeness (QED) is 0.535. The zero-order valence-corrected chi connectivity index (χ0v) is 18.8. The van der Waals surface area contributed by atoms with Crippen LogP contribution in [-0.4, -0.2) is 69.2 Å². The Bertz CT molecular complexity index is 992. The number of carbonyl (C=O) groups is 1. The van der Waals surface area contributed by atoms with E-state index in [9.17, 15) is 0 Å². The SMILES string of the molecule is COc1cc(-c2nccn2-c2cnn(C(C)C)c2)ccc1OCCN1CCCC1.O=CO. The average molecular weight is 442 g/mol. The van der Waals surface area contributed by atoms with Gasteiger partial charge in [0.1, 0.15) is 12.4 Å². The fraction of sp³-hybridized carbons (Fsp3) is 0.435. The molecule has 2 aromatic heterocycles. The summed E-state index contributed by atoms with van der Waals surface area (Å²) in [6.07, 6.45) is 10.2. The van der Waals surface area contributed by atoms with E-state index in [2.05, 4.69) is 28.8 Å². The standard InChI is InChI=1S/C22H29N5O2.CH2O2/c1-17(2)27-16-19(15-24-27)26-11-8-23-22(26)18-6-7-20(21(14-18)28-3)29-13-12-25-9-4-5-10-25;2-1-3/h6-8,11,14-17H,4-5,9-10,12-13H2,1-3H3;1H,(H,2,3). The number of benzene rings is 1. The lowest BCUT2D eigenvalue weighted by Gasteiger charge is -2.16. The lowest BCUT2D eigenvalue weighted by molar-refractivity contribution is -0.122. The van der Waals surface area contributed by atoms with E-state index in [0.29, 0.717) is 12.6 Å². The van der Waals surface area contributed by atoms with E-state index in [4.69, 9.17) is 19.4 Å². The van der Waals surface area contributed by atoms with Crippen LogP contribution in [0.5, 0.6) is 11.5 Å². The van der Waals surface area contributed by atoms with Crippen molar-refractivity contribution in [3.63, 3.8) is 0 Å². The van der Waals surface area contributed by atoms with Gasteiger partial charge in [-0.05, 0) is 58.0 Å². The molecule has 0 amide bonds. The highest BCUT2D eigenvalue weighted by atomic mass is 16.5. The molecule has 0 spiro atoms. The number of likely N-dealkylation sites (tertiary alicyclic amines) is 1. The fourth-order valence-corrected chi connectivity index (χ4v) is 3.68. The smallest absolute Gasteiger partial charge is 0.290 e. The number of nitrogens with zero attached hydrogens (tertiary/aromatic N) is 5. The van der Waals surface area contributed by atoms with Gasteiger partial charge < -0.3 is 14.6 Å².